The van der Waals surface area contributed by atoms with Gasteiger partial charge in [0.15, 0.2) is 0 Å². The number of nitrogens with one attached hydrogen (secondary N) is 1. The number of anilines is 2. The van der Waals surface area contributed by atoms with Crippen LogP contribution in [0.15, 0.2) is 30.3 Å². The SMILES string of the molecule is CCCNc1nnc(CN(CCC#N)c2ccccc2)s1. The van der Waals surface area contributed by atoms with Gasteiger partial charge in [0, 0.05) is 18.8 Å². The second-order valence-electron chi connectivity index (χ2n) is 4.59. The largest absolute Gasteiger partial charge is 0.364 e. The van der Waals surface area contributed by atoms with Gasteiger partial charge in [0.25, 0.3) is 0 Å². The van der Waals surface area contributed by atoms with Crippen molar-refractivity contribution < 1.29 is 0 Å². The zero-order valence-corrected chi connectivity index (χ0v) is 12.9. The summed E-state index contributed by atoms with van der Waals surface area (Å²) in [5.74, 6) is 0. The molecule has 0 unspecified atom stereocenters. The standard InChI is InChI=1S/C15H19N5S/c1-2-10-17-15-19-18-14(21-15)12-20(11-6-9-16)13-7-4-3-5-8-13/h3-5,7-8H,2,6,10-12H2,1H3,(H,17,19). The van der Waals surface area contributed by atoms with Gasteiger partial charge in [-0.2, -0.15) is 5.26 Å². The Labute approximate surface area is 129 Å². The van der Waals surface area contributed by atoms with E-state index in [4.69, 9.17) is 5.26 Å². The third kappa shape index (κ3) is 4.72. The van der Waals surface area contributed by atoms with Gasteiger partial charge in [-0.25, -0.2) is 0 Å². The molecule has 1 N–H and O–H groups in total. The molecule has 0 spiro atoms. The molecule has 6 heteroatoms. The van der Waals surface area contributed by atoms with Crippen LogP contribution in [0, 0.1) is 11.3 Å². The molecule has 0 aliphatic rings. The number of hydrogen-bond acceptors (Lipinski definition) is 6. The van der Waals surface area contributed by atoms with Crippen LogP contribution in [0.25, 0.3) is 0 Å². The van der Waals surface area contributed by atoms with Gasteiger partial charge in [0.1, 0.15) is 5.01 Å². The maximum Gasteiger partial charge on any atom is 0.205 e. The smallest absolute Gasteiger partial charge is 0.205 e. The molecular formula is C15H19N5S. The molecule has 2 rings (SSSR count). The van der Waals surface area contributed by atoms with Crippen molar-refractivity contribution in [3.63, 3.8) is 0 Å². The van der Waals surface area contributed by atoms with Gasteiger partial charge in [-0.1, -0.05) is 36.5 Å². The van der Waals surface area contributed by atoms with Crippen LogP contribution in [0.1, 0.15) is 24.8 Å². The van der Waals surface area contributed by atoms with E-state index in [9.17, 15) is 0 Å². The van der Waals surface area contributed by atoms with Crippen LogP contribution in [-0.2, 0) is 6.54 Å². The summed E-state index contributed by atoms with van der Waals surface area (Å²) in [4.78, 5) is 2.16. The first-order chi connectivity index (χ1) is 10.3. The van der Waals surface area contributed by atoms with Crippen LogP contribution < -0.4 is 10.2 Å². The Morgan fingerprint density at radius 3 is 2.81 bits per heavy atom. The van der Waals surface area contributed by atoms with Crippen LogP contribution in [-0.4, -0.2) is 23.3 Å². The average Bonchev–Trinajstić information content (AvgIpc) is 2.97. The van der Waals surface area contributed by atoms with Crippen molar-refractivity contribution in [2.24, 2.45) is 0 Å². The Hall–Kier alpha value is -2.13. The van der Waals surface area contributed by atoms with E-state index in [0.717, 1.165) is 28.8 Å². The van der Waals surface area contributed by atoms with E-state index in [1.807, 2.05) is 18.2 Å². The van der Waals surface area contributed by atoms with Gasteiger partial charge in [0.05, 0.1) is 19.0 Å². The Bertz CT molecular complexity index is 575. The lowest BCUT2D eigenvalue weighted by molar-refractivity contribution is 0.783. The molecule has 0 aliphatic heterocycles. The van der Waals surface area contributed by atoms with Crippen molar-refractivity contribution in [3.05, 3.63) is 35.3 Å². The summed E-state index contributed by atoms with van der Waals surface area (Å²) in [5.41, 5.74) is 1.10. The molecule has 0 saturated carbocycles. The number of aromatic nitrogens is 2. The van der Waals surface area contributed by atoms with E-state index in [1.165, 1.54) is 0 Å². The van der Waals surface area contributed by atoms with Crippen LogP contribution in [0.4, 0.5) is 10.8 Å². The molecular weight excluding hydrogens is 282 g/mol. The predicted molar refractivity (Wildman–Crippen MR) is 86.4 cm³/mol. The summed E-state index contributed by atoms with van der Waals surface area (Å²) in [6, 6.07) is 12.3. The van der Waals surface area contributed by atoms with Crippen LogP contribution in [0.5, 0.6) is 0 Å². The molecule has 0 aliphatic carbocycles. The molecule has 0 amide bonds. The summed E-state index contributed by atoms with van der Waals surface area (Å²) < 4.78 is 0. The van der Waals surface area contributed by atoms with Gasteiger partial charge in [-0.05, 0) is 18.6 Å². The zero-order chi connectivity index (χ0) is 14.9. The highest BCUT2D eigenvalue weighted by atomic mass is 32.1. The molecule has 21 heavy (non-hydrogen) atoms. The minimum Gasteiger partial charge on any atom is -0.364 e. The van der Waals surface area contributed by atoms with E-state index >= 15 is 0 Å². The molecule has 0 atom stereocenters. The van der Waals surface area contributed by atoms with E-state index in [-0.39, 0.29) is 0 Å². The fourth-order valence-electron chi connectivity index (χ4n) is 1.91. The monoisotopic (exact) mass is 301 g/mol. The fourth-order valence-corrected chi connectivity index (χ4v) is 2.69. The summed E-state index contributed by atoms with van der Waals surface area (Å²) in [6.07, 6.45) is 1.56. The second kappa shape index (κ2) is 8.22. The lowest BCUT2D eigenvalue weighted by atomic mass is 10.2. The van der Waals surface area contributed by atoms with E-state index in [0.29, 0.717) is 19.5 Å². The molecule has 1 aromatic carbocycles. The van der Waals surface area contributed by atoms with Gasteiger partial charge >= 0.3 is 0 Å². The van der Waals surface area contributed by atoms with Gasteiger partial charge in [-0.15, -0.1) is 10.2 Å². The first-order valence-corrected chi connectivity index (χ1v) is 7.88. The van der Waals surface area contributed by atoms with E-state index in [2.05, 4.69) is 45.5 Å². The van der Waals surface area contributed by atoms with Crippen molar-refractivity contribution in [3.8, 4) is 6.07 Å². The molecule has 110 valence electrons. The highest BCUT2D eigenvalue weighted by Gasteiger charge is 2.11. The average molecular weight is 301 g/mol. The van der Waals surface area contributed by atoms with E-state index < -0.39 is 0 Å². The fraction of sp³-hybridized carbons (Fsp3) is 0.400. The first-order valence-electron chi connectivity index (χ1n) is 7.06. The first kappa shape index (κ1) is 15.3. The molecule has 5 nitrogen and oxygen atoms in total. The van der Waals surface area contributed by atoms with Crippen molar-refractivity contribution in [2.75, 3.05) is 23.3 Å². The Morgan fingerprint density at radius 2 is 2.10 bits per heavy atom. The zero-order valence-electron chi connectivity index (χ0n) is 12.1. The second-order valence-corrected chi connectivity index (χ2v) is 5.66. The quantitative estimate of drug-likeness (QED) is 0.810. The molecule has 0 fully saturated rings. The van der Waals surface area contributed by atoms with Gasteiger partial charge in [0.2, 0.25) is 5.13 Å². The minimum absolute atomic E-state index is 0.495. The summed E-state index contributed by atoms with van der Waals surface area (Å²) in [7, 11) is 0. The minimum atomic E-state index is 0.495. The third-order valence-corrected chi connectivity index (χ3v) is 3.80. The molecule has 0 bridgehead atoms. The number of rotatable bonds is 8. The predicted octanol–water partition coefficient (Wildman–Crippen LogP) is 3.28. The van der Waals surface area contributed by atoms with E-state index in [1.54, 1.807) is 11.3 Å². The molecule has 1 aromatic heterocycles. The summed E-state index contributed by atoms with van der Waals surface area (Å²) in [5, 5.41) is 22.2. The Kier molecular flexibility index (Phi) is 5.98. The molecule has 0 saturated heterocycles. The Balaban J connectivity index is 2.04. The lowest BCUT2D eigenvalue weighted by Crippen LogP contribution is -2.23. The Morgan fingerprint density at radius 1 is 1.29 bits per heavy atom. The summed E-state index contributed by atoms with van der Waals surface area (Å²) >= 11 is 1.57. The van der Waals surface area contributed by atoms with Crippen molar-refractivity contribution in [1.29, 1.82) is 5.26 Å². The van der Waals surface area contributed by atoms with Crippen molar-refractivity contribution in [2.45, 2.75) is 26.3 Å². The van der Waals surface area contributed by atoms with Gasteiger partial charge in [-0.3, -0.25) is 0 Å². The number of benzene rings is 1. The third-order valence-electron chi connectivity index (χ3n) is 2.93. The number of nitrogens with zero attached hydrogens (tertiary/aromatic N) is 4. The van der Waals surface area contributed by atoms with Crippen molar-refractivity contribution in [1.82, 2.24) is 10.2 Å². The highest BCUT2D eigenvalue weighted by Crippen LogP contribution is 2.21. The topological polar surface area (TPSA) is 64.8 Å². The molecule has 0 radical (unpaired) electrons. The number of nitriles is 1. The van der Waals surface area contributed by atoms with Crippen LogP contribution in [0.2, 0.25) is 0 Å². The summed E-state index contributed by atoms with van der Waals surface area (Å²) in [6.45, 7) is 4.40. The molecule has 2 aromatic rings. The van der Waals surface area contributed by atoms with Crippen LogP contribution >= 0.6 is 11.3 Å². The van der Waals surface area contributed by atoms with Crippen molar-refractivity contribution >= 4 is 22.2 Å². The van der Waals surface area contributed by atoms with Gasteiger partial charge < -0.3 is 10.2 Å². The number of para-hydroxylation sites is 1. The van der Waals surface area contributed by atoms with Crippen LogP contribution in [0.3, 0.4) is 0 Å². The normalized spacial score (nSPS) is 10.1. The lowest BCUT2D eigenvalue weighted by Gasteiger charge is -2.22. The highest BCUT2D eigenvalue weighted by molar-refractivity contribution is 7.15. The maximum atomic E-state index is 8.82. The number of hydrogen-bond donors (Lipinski definition) is 1. The molecule has 1 heterocycles. The maximum absolute atomic E-state index is 8.82.